The highest BCUT2D eigenvalue weighted by atomic mass is 32.1. The number of hydrogen-bond acceptors (Lipinski definition) is 7. The van der Waals surface area contributed by atoms with Gasteiger partial charge < -0.3 is 21.1 Å². The zero-order valence-corrected chi connectivity index (χ0v) is 17.5. The molecule has 3 heterocycles. The van der Waals surface area contributed by atoms with Gasteiger partial charge in [-0.2, -0.15) is 0 Å². The fraction of sp³-hybridized carbons (Fsp3) is 0.0435. The van der Waals surface area contributed by atoms with Gasteiger partial charge in [-0.25, -0.2) is 9.97 Å². The average molecular weight is 443 g/mol. The number of amides is 2. The van der Waals surface area contributed by atoms with Crippen LogP contribution in [0.5, 0.6) is 11.5 Å². The van der Waals surface area contributed by atoms with Crippen molar-refractivity contribution in [3.63, 3.8) is 0 Å². The Morgan fingerprint density at radius 2 is 1.94 bits per heavy atom. The number of thiazole rings is 1. The molecule has 2 aromatic carbocycles. The van der Waals surface area contributed by atoms with E-state index >= 15 is 0 Å². The van der Waals surface area contributed by atoms with Crippen LogP contribution < -0.4 is 21.1 Å². The molecular weight excluding hydrogens is 426 g/mol. The molecule has 8 nitrogen and oxygen atoms in total. The predicted molar refractivity (Wildman–Crippen MR) is 122 cm³/mol. The molecule has 9 heteroatoms. The number of hydrogen-bond donors (Lipinski definition) is 3. The molecule has 2 amide bonds. The van der Waals surface area contributed by atoms with E-state index in [1.807, 2.05) is 6.07 Å². The van der Waals surface area contributed by atoms with Crippen molar-refractivity contribution in [1.82, 2.24) is 15.3 Å². The van der Waals surface area contributed by atoms with Crippen LogP contribution in [0, 0.1) is 0 Å². The molecule has 0 bridgehead atoms. The Kier molecular flexibility index (Phi) is 5.00. The lowest BCUT2D eigenvalue weighted by Crippen LogP contribution is -2.22. The number of ether oxygens (including phenoxy) is 1. The summed E-state index contributed by atoms with van der Waals surface area (Å²) in [5.41, 5.74) is 7.77. The SMILES string of the molecule is Nc1ccc(-c2ncc(CNC(=O)c3ccc4c(c3)NC(=O)c3ccccc3O4)s2)cn1. The lowest BCUT2D eigenvalue weighted by atomic mass is 10.1. The third kappa shape index (κ3) is 3.88. The smallest absolute Gasteiger partial charge is 0.259 e. The van der Waals surface area contributed by atoms with E-state index in [4.69, 9.17) is 10.5 Å². The highest BCUT2D eigenvalue weighted by Crippen LogP contribution is 2.36. The minimum Gasteiger partial charge on any atom is -0.454 e. The van der Waals surface area contributed by atoms with Crippen molar-refractivity contribution in [3.05, 3.63) is 83.0 Å². The standard InChI is InChI=1S/C23H17N5O3S/c24-20-8-6-14(10-25-20)23-27-12-15(32-23)11-26-21(29)13-5-7-19-17(9-13)28-22(30)16-3-1-2-4-18(16)31-19/h1-10,12H,11H2,(H2,24,25)(H,26,29)(H,28,30). The highest BCUT2D eigenvalue weighted by molar-refractivity contribution is 7.15. The van der Waals surface area contributed by atoms with Crippen LogP contribution >= 0.6 is 11.3 Å². The summed E-state index contributed by atoms with van der Waals surface area (Å²) in [4.78, 5) is 34.5. The fourth-order valence-electron chi connectivity index (χ4n) is 3.23. The molecule has 4 aromatic rings. The molecule has 0 radical (unpaired) electrons. The second kappa shape index (κ2) is 8.12. The second-order valence-electron chi connectivity index (χ2n) is 7.05. The number of anilines is 2. The maximum Gasteiger partial charge on any atom is 0.259 e. The Morgan fingerprint density at radius 3 is 2.78 bits per heavy atom. The second-order valence-corrected chi connectivity index (χ2v) is 8.16. The molecule has 0 saturated carbocycles. The van der Waals surface area contributed by atoms with Gasteiger partial charge in [-0.05, 0) is 42.5 Å². The molecule has 1 aliphatic heterocycles. The van der Waals surface area contributed by atoms with Gasteiger partial charge in [0.2, 0.25) is 0 Å². The summed E-state index contributed by atoms with van der Waals surface area (Å²) in [6.07, 6.45) is 3.39. The minimum atomic E-state index is -0.286. The topological polar surface area (TPSA) is 119 Å². The van der Waals surface area contributed by atoms with Crippen LogP contribution in [0.3, 0.4) is 0 Å². The number of nitrogen functional groups attached to an aromatic ring is 1. The van der Waals surface area contributed by atoms with Crippen molar-refractivity contribution in [2.24, 2.45) is 0 Å². The van der Waals surface area contributed by atoms with Gasteiger partial charge in [0.05, 0.1) is 17.8 Å². The molecule has 5 rings (SSSR count). The third-order valence-corrected chi connectivity index (χ3v) is 5.90. The minimum absolute atomic E-state index is 0.270. The van der Waals surface area contributed by atoms with Crippen LogP contribution in [-0.2, 0) is 6.54 Å². The first kappa shape index (κ1) is 19.7. The number of carbonyl (C=O) groups excluding carboxylic acids is 2. The normalized spacial score (nSPS) is 12.1. The van der Waals surface area contributed by atoms with E-state index in [2.05, 4.69) is 20.6 Å². The molecule has 0 atom stereocenters. The number of rotatable bonds is 4. The maximum absolute atomic E-state index is 12.7. The number of nitrogens with two attached hydrogens (primary N) is 1. The molecule has 1 aliphatic rings. The summed E-state index contributed by atoms with van der Waals surface area (Å²) in [7, 11) is 0. The van der Waals surface area contributed by atoms with Crippen molar-refractivity contribution >= 4 is 34.7 Å². The van der Waals surface area contributed by atoms with E-state index in [-0.39, 0.29) is 11.8 Å². The van der Waals surface area contributed by atoms with Crippen LogP contribution in [-0.4, -0.2) is 21.8 Å². The number of aromatic nitrogens is 2. The molecule has 32 heavy (non-hydrogen) atoms. The van der Waals surface area contributed by atoms with Crippen LogP contribution in [0.2, 0.25) is 0 Å². The summed E-state index contributed by atoms with van der Waals surface area (Å²) >= 11 is 1.46. The average Bonchev–Trinajstić information content (AvgIpc) is 3.23. The third-order valence-electron chi connectivity index (χ3n) is 4.85. The van der Waals surface area contributed by atoms with Gasteiger partial charge in [-0.3, -0.25) is 9.59 Å². The Morgan fingerprint density at radius 1 is 1.06 bits per heavy atom. The van der Waals surface area contributed by atoms with Gasteiger partial charge in [-0.15, -0.1) is 11.3 Å². The highest BCUT2D eigenvalue weighted by Gasteiger charge is 2.21. The summed E-state index contributed by atoms with van der Waals surface area (Å²) in [6, 6.07) is 15.5. The Labute approximate surface area is 187 Å². The molecule has 0 spiro atoms. The Balaban J connectivity index is 1.28. The number of fused-ring (bicyclic) bond motifs is 2. The lowest BCUT2D eigenvalue weighted by molar-refractivity contribution is 0.0950. The quantitative estimate of drug-likeness (QED) is 0.437. The van der Waals surface area contributed by atoms with Gasteiger partial charge in [-0.1, -0.05) is 12.1 Å². The molecule has 4 N–H and O–H groups in total. The van der Waals surface area contributed by atoms with Crippen LogP contribution in [0.25, 0.3) is 10.6 Å². The van der Waals surface area contributed by atoms with E-state index in [1.54, 1.807) is 60.9 Å². The van der Waals surface area contributed by atoms with Gasteiger partial charge in [0.25, 0.3) is 11.8 Å². The van der Waals surface area contributed by atoms with Crippen molar-refractivity contribution in [1.29, 1.82) is 0 Å². The summed E-state index contributed by atoms with van der Waals surface area (Å²) in [5.74, 6) is 0.838. The zero-order valence-electron chi connectivity index (χ0n) is 16.7. The number of nitrogens with one attached hydrogen (secondary N) is 2. The number of benzene rings is 2. The van der Waals surface area contributed by atoms with E-state index < -0.39 is 0 Å². The lowest BCUT2D eigenvalue weighted by Gasteiger charge is -2.10. The maximum atomic E-state index is 12.7. The van der Waals surface area contributed by atoms with Crippen molar-refractivity contribution in [3.8, 4) is 22.1 Å². The summed E-state index contributed by atoms with van der Waals surface area (Å²) in [6.45, 7) is 0.324. The molecule has 0 unspecified atom stereocenters. The first-order valence-electron chi connectivity index (χ1n) is 9.74. The van der Waals surface area contributed by atoms with Crippen molar-refractivity contribution in [2.45, 2.75) is 6.54 Å². The van der Waals surface area contributed by atoms with Crippen LogP contribution in [0.4, 0.5) is 11.5 Å². The number of pyridine rings is 1. The number of carbonyl (C=O) groups is 2. The molecule has 158 valence electrons. The van der Waals surface area contributed by atoms with Gasteiger partial charge in [0.15, 0.2) is 5.75 Å². The molecule has 2 aromatic heterocycles. The zero-order chi connectivity index (χ0) is 22.1. The molecular formula is C23H17N5O3S. The van der Waals surface area contributed by atoms with Crippen molar-refractivity contribution < 1.29 is 14.3 Å². The van der Waals surface area contributed by atoms with Gasteiger partial charge in [0.1, 0.15) is 16.6 Å². The molecule has 0 aliphatic carbocycles. The number of para-hydroxylation sites is 1. The van der Waals surface area contributed by atoms with Crippen LogP contribution in [0.15, 0.2) is 67.0 Å². The molecule has 0 saturated heterocycles. The van der Waals surface area contributed by atoms with E-state index in [0.717, 1.165) is 15.4 Å². The Bertz CT molecular complexity index is 1330. The predicted octanol–water partition coefficient (Wildman–Crippen LogP) is 4.08. The van der Waals surface area contributed by atoms with Crippen molar-refractivity contribution in [2.75, 3.05) is 11.1 Å². The van der Waals surface area contributed by atoms with Crippen LogP contribution in [0.1, 0.15) is 25.6 Å². The first-order chi connectivity index (χ1) is 15.6. The van der Waals surface area contributed by atoms with Gasteiger partial charge in [0, 0.05) is 28.4 Å². The van der Waals surface area contributed by atoms with E-state index in [0.29, 0.717) is 40.7 Å². The first-order valence-corrected chi connectivity index (χ1v) is 10.6. The van der Waals surface area contributed by atoms with Gasteiger partial charge >= 0.3 is 0 Å². The summed E-state index contributed by atoms with van der Waals surface area (Å²) in [5, 5.41) is 6.49. The van der Waals surface area contributed by atoms with E-state index in [1.165, 1.54) is 11.3 Å². The fourth-order valence-corrected chi connectivity index (χ4v) is 4.08. The number of nitrogens with zero attached hydrogens (tertiary/aromatic N) is 2. The largest absolute Gasteiger partial charge is 0.454 e. The monoisotopic (exact) mass is 443 g/mol. The molecule has 0 fully saturated rings. The van der Waals surface area contributed by atoms with E-state index in [9.17, 15) is 9.59 Å². The Hall–Kier alpha value is -4.24. The summed E-state index contributed by atoms with van der Waals surface area (Å²) < 4.78 is 5.85.